The van der Waals surface area contributed by atoms with Gasteiger partial charge in [-0.2, -0.15) is 0 Å². The maximum atomic E-state index is 12.5. The van der Waals surface area contributed by atoms with Gasteiger partial charge in [0.15, 0.2) is 6.61 Å². The van der Waals surface area contributed by atoms with Gasteiger partial charge in [-0.15, -0.1) is 0 Å². The molecule has 0 aliphatic carbocycles. The Balaban J connectivity index is 2.03. The number of Topliss-reactive ketones (excluding diaryl/α,β-unsaturated/α-hetero) is 1. The lowest BCUT2D eigenvalue weighted by Crippen LogP contribution is -2.14. The van der Waals surface area contributed by atoms with Gasteiger partial charge in [-0.1, -0.05) is 0 Å². The Morgan fingerprint density at radius 2 is 1.77 bits per heavy atom. The molecule has 7 heteroatoms. The quantitative estimate of drug-likeness (QED) is 0.575. The fraction of sp³-hybridized carbons (Fsp3) is 0.316. The molecule has 1 heterocycles. The lowest BCUT2D eigenvalue weighted by atomic mass is 10.1. The number of aromatic nitrogens is 1. The molecule has 0 saturated heterocycles. The van der Waals surface area contributed by atoms with Gasteiger partial charge in [0.05, 0.1) is 13.5 Å². The lowest BCUT2D eigenvalue weighted by Gasteiger charge is -2.09. The van der Waals surface area contributed by atoms with Crippen LogP contribution in [-0.2, 0) is 16.1 Å². The fourth-order valence-electron chi connectivity index (χ4n) is 2.67. The third-order valence-electron chi connectivity index (χ3n) is 4.15. The maximum absolute atomic E-state index is 12.5. The minimum absolute atomic E-state index is 0.128. The zero-order valence-electron chi connectivity index (χ0n) is 15.1. The highest BCUT2D eigenvalue weighted by Gasteiger charge is 2.17. The molecule has 1 amide bonds. The molecule has 0 radical (unpaired) electrons. The first-order valence-corrected chi connectivity index (χ1v) is 8.13. The zero-order chi connectivity index (χ0) is 19.3. The number of hydrogen-bond acceptors (Lipinski definition) is 5. The Bertz CT molecular complexity index is 821. The second kappa shape index (κ2) is 8.33. The molecule has 138 valence electrons. The van der Waals surface area contributed by atoms with Crippen molar-refractivity contribution in [2.45, 2.75) is 26.8 Å². The van der Waals surface area contributed by atoms with E-state index in [1.54, 1.807) is 30.3 Å². The molecule has 2 aromatic rings. The van der Waals surface area contributed by atoms with Crippen LogP contribution < -0.4 is 10.5 Å². The van der Waals surface area contributed by atoms with Crippen molar-refractivity contribution >= 4 is 17.7 Å². The second-order valence-electron chi connectivity index (χ2n) is 5.86. The van der Waals surface area contributed by atoms with Crippen molar-refractivity contribution in [1.82, 2.24) is 4.57 Å². The van der Waals surface area contributed by atoms with E-state index >= 15 is 0 Å². The highest BCUT2D eigenvalue weighted by atomic mass is 16.5. The predicted octanol–water partition coefficient (Wildman–Crippen LogP) is 2.03. The summed E-state index contributed by atoms with van der Waals surface area (Å²) in [5.41, 5.74) is 7.78. The topological polar surface area (TPSA) is 101 Å². The fourth-order valence-corrected chi connectivity index (χ4v) is 2.67. The summed E-state index contributed by atoms with van der Waals surface area (Å²) in [5, 5.41) is 0. The van der Waals surface area contributed by atoms with Crippen molar-refractivity contribution in [2.24, 2.45) is 5.73 Å². The van der Waals surface area contributed by atoms with Crippen LogP contribution in [0, 0.1) is 13.8 Å². The van der Waals surface area contributed by atoms with E-state index in [1.807, 2.05) is 18.4 Å². The molecule has 26 heavy (non-hydrogen) atoms. The smallest absolute Gasteiger partial charge is 0.307 e. The lowest BCUT2D eigenvalue weighted by molar-refractivity contribution is -0.140. The van der Waals surface area contributed by atoms with Crippen LogP contribution >= 0.6 is 0 Å². The van der Waals surface area contributed by atoms with Gasteiger partial charge in [0.2, 0.25) is 11.7 Å². The van der Waals surface area contributed by atoms with E-state index in [4.69, 9.17) is 10.5 Å². The first kappa shape index (κ1) is 19.2. The summed E-state index contributed by atoms with van der Waals surface area (Å²) in [6.07, 6.45) is 0.239. The SMILES string of the molecule is COC(=O)CCn1c(C)cc(C(=O)COc2ccc(C(N)=O)cc2)c1C. The monoisotopic (exact) mass is 358 g/mol. The molecule has 0 unspecified atom stereocenters. The number of methoxy groups -OCH3 is 1. The van der Waals surface area contributed by atoms with Crippen LogP contribution in [0.3, 0.4) is 0 Å². The Hall–Kier alpha value is -3.09. The number of rotatable bonds is 8. The van der Waals surface area contributed by atoms with E-state index in [0.29, 0.717) is 23.4 Å². The highest BCUT2D eigenvalue weighted by Crippen LogP contribution is 2.18. The third-order valence-corrected chi connectivity index (χ3v) is 4.15. The first-order valence-electron chi connectivity index (χ1n) is 8.13. The number of hydrogen-bond donors (Lipinski definition) is 1. The number of benzene rings is 1. The molecule has 1 aromatic heterocycles. The Morgan fingerprint density at radius 1 is 1.12 bits per heavy atom. The van der Waals surface area contributed by atoms with Crippen molar-refractivity contribution in [2.75, 3.05) is 13.7 Å². The van der Waals surface area contributed by atoms with E-state index in [-0.39, 0.29) is 24.8 Å². The first-order chi connectivity index (χ1) is 12.3. The maximum Gasteiger partial charge on any atom is 0.307 e. The van der Waals surface area contributed by atoms with Gasteiger partial charge in [-0.25, -0.2) is 0 Å². The van der Waals surface area contributed by atoms with Crippen LogP contribution in [0.25, 0.3) is 0 Å². The molecule has 0 fully saturated rings. The van der Waals surface area contributed by atoms with Crippen molar-refractivity contribution in [3.05, 3.63) is 52.8 Å². The summed E-state index contributed by atoms with van der Waals surface area (Å²) in [6.45, 7) is 4.04. The number of esters is 1. The van der Waals surface area contributed by atoms with Gasteiger partial charge in [0.1, 0.15) is 5.75 Å². The van der Waals surface area contributed by atoms with Gasteiger partial charge in [-0.05, 0) is 44.2 Å². The van der Waals surface area contributed by atoms with E-state index in [9.17, 15) is 14.4 Å². The minimum atomic E-state index is -0.521. The van der Waals surface area contributed by atoms with Crippen LogP contribution in [0.1, 0.15) is 38.5 Å². The number of carbonyl (C=O) groups is 3. The molecule has 1 aromatic carbocycles. The van der Waals surface area contributed by atoms with Crippen molar-refractivity contribution < 1.29 is 23.9 Å². The largest absolute Gasteiger partial charge is 0.485 e. The number of primary amides is 1. The summed E-state index contributed by atoms with van der Waals surface area (Å²) in [7, 11) is 1.35. The number of carbonyl (C=O) groups excluding carboxylic acids is 3. The molecule has 0 atom stereocenters. The summed E-state index contributed by atoms with van der Waals surface area (Å²) in [4.78, 5) is 34.8. The van der Waals surface area contributed by atoms with Gasteiger partial charge in [0.25, 0.3) is 0 Å². The van der Waals surface area contributed by atoms with Crippen LogP contribution in [0.15, 0.2) is 30.3 Å². The van der Waals surface area contributed by atoms with Gasteiger partial charge >= 0.3 is 5.97 Å². The van der Waals surface area contributed by atoms with Crippen molar-refractivity contribution in [1.29, 1.82) is 0 Å². The molecule has 0 bridgehead atoms. The summed E-state index contributed by atoms with van der Waals surface area (Å²) < 4.78 is 12.0. The molecular formula is C19H22N2O5. The average molecular weight is 358 g/mol. The summed E-state index contributed by atoms with van der Waals surface area (Å²) in [5.74, 6) is -0.510. The predicted molar refractivity (Wildman–Crippen MR) is 95.3 cm³/mol. The van der Waals surface area contributed by atoms with E-state index in [0.717, 1.165) is 11.4 Å². The van der Waals surface area contributed by atoms with Crippen LogP contribution in [0.4, 0.5) is 0 Å². The third kappa shape index (κ3) is 4.50. The van der Waals surface area contributed by atoms with E-state index < -0.39 is 5.91 Å². The van der Waals surface area contributed by atoms with Gasteiger partial charge in [0, 0.05) is 29.1 Å². The summed E-state index contributed by atoms with van der Waals surface area (Å²) in [6, 6.07) is 8.05. The Morgan fingerprint density at radius 3 is 2.35 bits per heavy atom. The highest BCUT2D eigenvalue weighted by molar-refractivity contribution is 5.98. The van der Waals surface area contributed by atoms with Gasteiger partial charge < -0.3 is 19.8 Å². The average Bonchev–Trinajstić information content (AvgIpc) is 2.92. The molecule has 0 aliphatic rings. The van der Waals surface area contributed by atoms with Crippen LogP contribution in [0.5, 0.6) is 5.75 Å². The van der Waals surface area contributed by atoms with Crippen LogP contribution in [0.2, 0.25) is 0 Å². The molecule has 2 N–H and O–H groups in total. The zero-order valence-corrected chi connectivity index (χ0v) is 15.1. The summed E-state index contributed by atoms with van der Waals surface area (Å²) >= 11 is 0. The second-order valence-corrected chi connectivity index (χ2v) is 5.86. The number of amides is 1. The molecule has 0 spiro atoms. The number of ketones is 1. The molecule has 0 aliphatic heterocycles. The molecule has 2 rings (SSSR count). The molecule has 0 saturated carbocycles. The standard InChI is InChI=1S/C19H22N2O5/c1-12-10-16(13(2)21(12)9-8-18(23)25-3)17(22)11-26-15-6-4-14(5-7-15)19(20)24/h4-7,10H,8-9,11H2,1-3H3,(H2,20,24). The molecule has 7 nitrogen and oxygen atoms in total. The normalized spacial score (nSPS) is 10.4. The Labute approximate surface area is 151 Å². The van der Waals surface area contributed by atoms with E-state index in [2.05, 4.69) is 4.74 Å². The number of ether oxygens (including phenoxy) is 2. The van der Waals surface area contributed by atoms with Crippen molar-refractivity contribution in [3.63, 3.8) is 0 Å². The van der Waals surface area contributed by atoms with Crippen LogP contribution in [-0.4, -0.2) is 35.9 Å². The number of nitrogens with zero attached hydrogens (tertiary/aromatic N) is 1. The van der Waals surface area contributed by atoms with Gasteiger partial charge in [-0.3, -0.25) is 14.4 Å². The molecular weight excluding hydrogens is 336 g/mol. The number of nitrogens with two attached hydrogens (primary N) is 1. The Kier molecular flexibility index (Phi) is 6.16. The number of aryl methyl sites for hydroxylation is 1. The van der Waals surface area contributed by atoms with Crippen molar-refractivity contribution in [3.8, 4) is 5.75 Å². The minimum Gasteiger partial charge on any atom is -0.485 e. The van der Waals surface area contributed by atoms with E-state index in [1.165, 1.54) is 7.11 Å².